The number of H-pyrrole nitrogens is 1. The number of hydrogen-bond donors (Lipinski definition) is 1. The van der Waals surface area contributed by atoms with Gasteiger partial charge in [0, 0.05) is 23.3 Å². The van der Waals surface area contributed by atoms with E-state index >= 15 is 0 Å². The molecule has 2 aromatic heterocycles. The monoisotopic (exact) mass is 448 g/mol. The Morgan fingerprint density at radius 1 is 1.00 bits per heavy atom. The zero-order chi connectivity index (χ0) is 19.9. The minimum atomic E-state index is -4.43. The molecule has 5 nitrogen and oxygen atoms in total. The lowest BCUT2D eigenvalue weighted by molar-refractivity contribution is -0.137. The van der Waals surface area contributed by atoms with E-state index in [9.17, 15) is 18.0 Å². The summed E-state index contributed by atoms with van der Waals surface area (Å²) >= 11 is 3.32. The Labute approximate surface area is 165 Å². The second-order valence-electron chi connectivity index (χ2n) is 6.04. The van der Waals surface area contributed by atoms with E-state index in [0.29, 0.717) is 22.5 Å². The van der Waals surface area contributed by atoms with Crippen LogP contribution in [0.3, 0.4) is 0 Å². The molecule has 0 fully saturated rings. The highest BCUT2D eigenvalue weighted by Crippen LogP contribution is 2.30. The third-order valence-corrected chi connectivity index (χ3v) is 4.89. The average molecular weight is 449 g/mol. The molecule has 0 radical (unpaired) electrons. The molecule has 0 aliphatic rings. The number of alkyl halides is 4. The van der Waals surface area contributed by atoms with Gasteiger partial charge in [-0.2, -0.15) is 13.2 Å². The van der Waals surface area contributed by atoms with Gasteiger partial charge < -0.3 is 0 Å². The molecule has 0 saturated heterocycles. The number of nitrogens with zero attached hydrogens (tertiary/aromatic N) is 3. The van der Waals surface area contributed by atoms with Gasteiger partial charge in [-0.15, -0.1) is 0 Å². The lowest BCUT2D eigenvalue weighted by Crippen LogP contribution is -2.17. The highest BCUT2D eigenvalue weighted by molar-refractivity contribution is 9.08. The number of aromatic amines is 1. The van der Waals surface area contributed by atoms with E-state index < -0.39 is 11.7 Å². The van der Waals surface area contributed by atoms with Crippen molar-refractivity contribution in [2.24, 2.45) is 0 Å². The molecule has 142 valence electrons. The molecule has 9 heteroatoms. The second kappa shape index (κ2) is 6.90. The molecule has 2 aromatic carbocycles. The van der Waals surface area contributed by atoms with Crippen LogP contribution in [0.25, 0.3) is 28.0 Å². The van der Waals surface area contributed by atoms with E-state index in [2.05, 4.69) is 31.0 Å². The molecule has 1 N–H and O–H groups in total. The minimum absolute atomic E-state index is 0.282. The number of nitrogens with one attached hydrogen (secondary N) is 1. The number of halogens is 4. The van der Waals surface area contributed by atoms with Crippen LogP contribution in [0, 0.1) is 0 Å². The number of fused-ring (bicyclic) bond motifs is 1. The lowest BCUT2D eigenvalue weighted by Gasteiger charge is -2.08. The first-order chi connectivity index (χ1) is 13.4. The molecule has 0 saturated carbocycles. The van der Waals surface area contributed by atoms with Gasteiger partial charge >= 0.3 is 6.18 Å². The number of rotatable bonds is 3. The molecular weight excluding hydrogens is 437 g/mol. The molecule has 0 spiro atoms. The van der Waals surface area contributed by atoms with Gasteiger partial charge in [-0.05, 0) is 36.4 Å². The topological polar surface area (TPSA) is 63.6 Å². The minimum Gasteiger partial charge on any atom is -0.290 e. The Morgan fingerprint density at radius 2 is 1.68 bits per heavy atom. The molecule has 2 heterocycles. The van der Waals surface area contributed by atoms with Gasteiger partial charge in [0.2, 0.25) is 0 Å². The van der Waals surface area contributed by atoms with E-state index in [1.54, 1.807) is 24.5 Å². The van der Waals surface area contributed by atoms with Gasteiger partial charge in [-0.25, -0.2) is 4.68 Å². The van der Waals surface area contributed by atoms with Crippen LogP contribution >= 0.6 is 15.9 Å². The van der Waals surface area contributed by atoms with Gasteiger partial charge in [0.15, 0.2) is 0 Å². The lowest BCUT2D eigenvalue weighted by atomic mass is 10.1. The summed E-state index contributed by atoms with van der Waals surface area (Å²) in [7, 11) is 0. The fraction of sp³-hybridized carbons (Fsp3) is 0.105. The van der Waals surface area contributed by atoms with Crippen LogP contribution in [-0.2, 0) is 11.5 Å². The maximum atomic E-state index is 12.8. The first kappa shape index (κ1) is 18.4. The molecule has 0 aliphatic carbocycles. The van der Waals surface area contributed by atoms with Crippen molar-refractivity contribution in [1.82, 2.24) is 19.7 Å². The molecular formula is C19H12BrF3N4O. The maximum Gasteiger partial charge on any atom is 0.416 e. The Balaban J connectivity index is 1.83. The van der Waals surface area contributed by atoms with Crippen molar-refractivity contribution in [2.45, 2.75) is 11.5 Å². The van der Waals surface area contributed by atoms with Gasteiger partial charge in [-0.1, -0.05) is 22.0 Å². The third kappa shape index (κ3) is 3.22. The van der Waals surface area contributed by atoms with E-state index in [0.717, 1.165) is 23.2 Å². The quantitative estimate of drug-likeness (QED) is 0.462. The SMILES string of the molecule is O=c1c(CBr)c(-c2ccc3nccnc3c2)[nH]n1-c1ccc(C(F)(F)F)cc1. The van der Waals surface area contributed by atoms with Crippen molar-refractivity contribution >= 4 is 27.0 Å². The second-order valence-corrected chi connectivity index (χ2v) is 6.60. The maximum absolute atomic E-state index is 12.8. The first-order valence-corrected chi connectivity index (χ1v) is 9.29. The van der Waals surface area contributed by atoms with Crippen LogP contribution in [0.4, 0.5) is 13.2 Å². The van der Waals surface area contributed by atoms with Crippen molar-refractivity contribution in [3.63, 3.8) is 0 Å². The normalized spacial score (nSPS) is 11.9. The van der Waals surface area contributed by atoms with Crippen molar-refractivity contribution in [3.05, 3.63) is 76.3 Å². The Kier molecular flexibility index (Phi) is 4.54. The fourth-order valence-electron chi connectivity index (χ4n) is 2.93. The van der Waals surface area contributed by atoms with Crippen molar-refractivity contribution in [2.75, 3.05) is 0 Å². The Hall–Kier alpha value is -2.94. The van der Waals surface area contributed by atoms with Crippen molar-refractivity contribution in [1.29, 1.82) is 0 Å². The van der Waals surface area contributed by atoms with Gasteiger partial charge in [0.1, 0.15) is 0 Å². The summed E-state index contributed by atoms with van der Waals surface area (Å²) in [6.07, 6.45) is -1.26. The van der Waals surface area contributed by atoms with Gasteiger partial charge in [-0.3, -0.25) is 19.9 Å². The summed E-state index contributed by atoms with van der Waals surface area (Å²) in [5.41, 5.74) is 2.34. The van der Waals surface area contributed by atoms with Crippen molar-refractivity contribution in [3.8, 4) is 16.9 Å². The summed E-state index contributed by atoms with van der Waals surface area (Å²) in [6.45, 7) is 0. The molecule has 0 aliphatic heterocycles. The summed E-state index contributed by atoms with van der Waals surface area (Å²) in [5.74, 6) is 0. The van der Waals surface area contributed by atoms with Crippen LogP contribution in [0.2, 0.25) is 0 Å². The zero-order valence-electron chi connectivity index (χ0n) is 14.2. The predicted molar refractivity (Wildman–Crippen MR) is 103 cm³/mol. The summed E-state index contributed by atoms with van der Waals surface area (Å²) in [4.78, 5) is 21.3. The number of hydrogen-bond acceptors (Lipinski definition) is 3. The third-order valence-electron chi connectivity index (χ3n) is 4.33. The molecule has 0 unspecified atom stereocenters. The first-order valence-electron chi connectivity index (χ1n) is 8.17. The Morgan fingerprint density at radius 3 is 2.32 bits per heavy atom. The molecule has 4 aromatic rings. The highest BCUT2D eigenvalue weighted by Gasteiger charge is 2.30. The van der Waals surface area contributed by atoms with Gasteiger partial charge in [0.05, 0.1) is 33.5 Å². The molecule has 0 bridgehead atoms. The number of benzene rings is 2. The largest absolute Gasteiger partial charge is 0.416 e. The Bertz CT molecular complexity index is 1210. The standard InChI is InChI=1S/C19H12BrF3N4O/c20-10-14-17(11-1-6-15-16(9-11)25-8-7-24-15)26-27(18(14)28)13-4-2-12(3-5-13)19(21,22)23/h1-9,26H,10H2. The number of aromatic nitrogens is 4. The summed E-state index contributed by atoms with van der Waals surface area (Å²) < 4.78 is 39.6. The van der Waals surface area contributed by atoms with Crippen LogP contribution < -0.4 is 5.56 Å². The molecule has 0 amide bonds. The van der Waals surface area contributed by atoms with E-state index in [1.165, 1.54) is 16.8 Å². The van der Waals surface area contributed by atoms with Crippen LogP contribution in [-0.4, -0.2) is 19.7 Å². The van der Waals surface area contributed by atoms with E-state index in [-0.39, 0.29) is 10.9 Å². The molecule has 4 rings (SSSR count). The molecule has 28 heavy (non-hydrogen) atoms. The summed E-state index contributed by atoms with van der Waals surface area (Å²) in [6, 6.07) is 9.82. The smallest absolute Gasteiger partial charge is 0.290 e. The van der Waals surface area contributed by atoms with E-state index in [4.69, 9.17) is 0 Å². The van der Waals surface area contributed by atoms with Gasteiger partial charge in [0.25, 0.3) is 5.56 Å². The zero-order valence-corrected chi connectivity index (χ0v) is 15.8. The highest BCUT2D eigenvalue weighted by atomic mass is 79.9. The van der Waals surface area contributed by atoms with Crippen LogP contribution in [0.15, 0.2) is 59.7 Å². The summed E-state index contributed by atoms with van der Waals surface area (Å²) in [5, 5.41) is 3.28. The fourth-order valence-corrected chi connectivity index (χ4v) is 3.45. The van der Waals surface area contributed by atoms with Crippen LogP contribution in [0.5, 0.6) is 0 Å². The van der Waals surface area contributed by atoms with Crippen LogP contribution in [0.1, 0.15) is 11.1 Å². The molecule has 0 atom stereocenters. The van der Waals surface area contributed by atoms with Crippen molar-refractivity contribution < 1.29 is 13.2 Å². The van der Waals surface area contributed by atoms with E-state index in [1.807, 2.05) is 6.07 Å². The predicted octanol–water partition coefficient (Wildman–Crippen LogP) is 4.69. The average Bonchev–Trinajstić information content (AvgIpc) is 3.03.